The summed E-state index contributed by atoms with van der Waals surface area (Å²) in [5.41, 5.74) is 1.05. The van der Waals surface area contributed by atoms with Crippen LogP contribution in [0.25, 0.3) is 0 Å². The van der Waals surface area contributed by atoms with Crippen molar-refractivity contribution in [2.45, 2.75) is 45.1 Å². The Hall–Kier alpha value is -1.59. The van der Waals surface area contributed by atoms with E-state index in [9.17, 15) is 9.59 Å². The maximum Gasteiger partial charge on any atom is 0.244 e. The van der Waals surface area contributed by atoms with Crippen molar-refractivity contribution in [3.05, 3.63) is 24.3 Å². The normalized spacial score (nSPS) is 20.1. The fourth-order valence-corrected chi connectivity index (χ4v) is 2.60. The van der Waals surface area contributed by atoms with Crippen molar-refractivity contribution >= 4 is 35.6 Å². The molecule has 0 aromatic heterocycles. The summed E-state index contributed by atoms with van der Waals surface area (Å²) in [5, 5.41) is 9.05. The summed E-state index contributed by atoms with van der Waals surface area (Å²) in [5.74, 6) is -0.000258. The zero-order valence-electron chi connectivity index (χ0n) is 13.1. The third-order valence-electron chi connectivity index (χ3n) is 4.03. The minimum atomic E-state index is -0.435. The molecule has 1 fully saturated rings. The number of hydrogen-bond acceptors (Lipinski definition) is 3. The van der Waals surface area contributed by atoms with Crippen LogP contribution >= 0.6 is 12.4 Å². The summed E-state index contributed by atoms with van der Waals surface area (Å²) in [6.45, 7) is 4.73. The van der Waals surface area contributed by atoms with Crippen LogP contribution in [0.3, 0.4) is 0 Å². The highest BCUT2D eigenvalue weighted by molar-refractivity contribution is 5.98. The summed E-state index contributed by atoms with van der Waals surface area (Å²) in [6, 6.07) is 7.21. The lowest BCUT2D eigenvalue weighted by Crippen LogP contribution is -2.50. The molecule has 1 aromatic rings. The Morgan fingerprint density at radius 2 is 1.73 bits per heavy atom. The van der Waals surface area contributed by atoms with Gasteiger partial charge in [0.1, 0.15) is 0 Å². The average Bonchev–Trinajstić information content (AvgIpc) is 2.99. The number of hydrogen-bond donors (Lipinski definition) is 3. The van der Waals surface area contributed by atoms with Gasteiger partial charge in [-0.3, -0.25) is 9.59 Å². The van der Waals surface area contributed by atoms with Crippen LogP contribution in [0, 0.1) is 0 Å². The van der Waals surface area contributed by atoms with Crippen LogP contribution in [0.5, 0.6) is 0 Å². The molecule has 3 N–H and O–H groups in total. The summed E-state index contributed by atoms with van der Waals surface area (Å²) >= 11 is 0. The van der Waals surface area contributed by atoms with Crippen molar-refractivity contribution in [3.63, 3.8) is 0 Å². The minimum Gasteiger partial charge on any atom is -0.326 e. The van der Waals surface area contributed by atoms with Crippen molar-refractivity contribution in [2.24, 2.45) is 0 Å². The molecule has 122 valence electrons. The fraction of sp³-hybridized carbons (Fsp3) is 0.500. The summed E-state index contributed by atoms with van der Waals surface area (Å²) in [6.07, 6.45) is 3.13. The van der Waals surface area contributed by atoms with Gasteiger partial charge in [0.25, 0.3) is 0 Å². The van der Waals surface area contributed by atoms with Crippen LogP contribution in [0.2, 0.25) is 0 Å². The first-order valence-electron chi connectivity index (χ1n) is 7.56. The summed E-state index contributed by atoms with van der Waals surface area (Å²) < 4.78 is 0. The molecule has 0 bridgehead atoms. The Labute approximate surface area is 137 Å². The van der Waals surface area contributed by atoms with E-state index >= 15 is 0 Å². The van der Waals surface area contributed by atoms with Crippen molar-refractivity contribution in [3.8, 4) is 0 Å². The number of nitrogens with one attached hydrogen (secondary N) is 3. The smallest absolute Gasteiger partial charge is 0.244 e. The summed E-state index contributed by atoms with van der Waals surface area (Å²) in [7, 11) is 0. The molecule has 1 atom stereocenters. The van der Waals surface area contributed by atoms with Gasteiger partial charge in [-0.15, -0.1) is 12.4 Å². The van der Waals surface area contributed by atoms with Crippen LogP contribution in [-0.4, -0.2) is 23.9 Å². The average molecular weight is 326 g/mol. The molecule has 1 heterocycles. The second-order valence-electron chi connectivity index (χ2n) is 5.40. The molecule has 1 unspecified atom stereocenters. The van der Waals surface area contributed by atoms with Gasteiger partial charge in [-0.2, -0.15) is 0 Å². The molecule has 0 radical (unpaired) electrons. The molecule has 22 heavy (non-hydrogen) atoms. The molecule has 1 aliphatic rings. The molecule has 6 heteroatoms. The van der Waals surface area contributed by atoms with E-state index in [4.69, 9.17) is 0 Å². The quantitative estimate of drug-likeness (QED) is 0.779. The number of carbonyl (C=O) groups excluding carboxylic acids is 2. The van der Waals surface area contributed by atoms with E-state index in [1.165, 1.54) is 0 Å². The van der Waals surface area contributed by atoms with Crippen LogP contribution in [0.15, 0.2) is 24.3 Å². The number of benzene rings is 1. The number of rotatable bonds is 5. The van der Waals surface area contributed by atoms with Gasteiger partial charge < -0.3 is 16.0 Å². The Morgan fingerprint density at radius 3 is 2.18 bits per heavy atom. The van der Waals surface area contributed by atoms with E-state index in [0.29, 0.717) is 6.42 Å². The lowest BCUT2D eigenvalue weighted by atomic mass is 9.93. The van der Waals surface area contributed by atoms with Crippen molar-refractivity contribution in [1.82, 2.24) is 5.32 Å². The molecule has 2 amide bonds. The second kappa shape index (κ2) is 8.15. The Balaban J connectivity index is 0.00000242. The standard InChI is InChI=1S/C16H23N3O2.ClH/c1-3-14(20)18-12-6-8-13(9-7-12)19-15(21)16(4-2)10-5-11-17-16;/h6-9,17H,3-5,10-11H2,1-2H3,(H,18,20)(H,19,21);1H. The van der Waals surface area contributed by atoms with Gasteiger partial charge in [-0.05, 0) is 50.1 Å². The first-order chi connectivity index (χ1) is 10.1. The van der Waals surface area contributed by atoms with Crippen LogP contribution in [0.4, 0.5) is 11.4 Å². The van der Waals surface area contributed by atoms with Gasteiger partial charge in [0, 0.05) is 17.8 Å². The van der Waals surface area contributed by atoms with E-state index in [1.54, 1.807) is 12.1 Å². The molecule has 0 spiro atoms. The van der Waals surface area contributed by atoms with Crippen molar-refractivity contribution in [2.75, 3.05) is 17.2 Å². The first-order valence-corrected chi connectivity index (χ1v) is 7.56. The van der Waals surface area contributed by atoms with E-state index in [0.717, 1.165) is 37.2 Å². The fourth-order valence-electron chi connectivity index (χ4n) is 2.60. The Morgan fingerprint density at radius 1 is 1.14 bits per heavy atom. The van der Waals surface area contributed by atoms with Crippen LogP contribution in [-0.2, 0) is 9.59 Å². The highest BCUT2D eigenvalue weighted by Gasteiger charge is 2.38. The largest absolute Gasteiger partial charge is 0.326 e. The zero-order chi connectivity index (χ0) is 15.3. The molecule has 0 saturated carbocycles. The molecular formula is C16H24ClN3O2. The van der Waals surface area contributed by atoms with Gasteiger partial charge in [-0.25, -0.2) is 0 Å². The van der Waals surface area contributed by atoms with Crippen LogP contribution in [0.1, 0.15) is 39.5 Å². The van der Waals surface area contributed by atoms with Gasteiger partial charge in [0.05, 0.1) is 5.54 Å². The van der Waals surface area contributed by atoms with Gasteiger partial charge in [0.15, 0.2) is 0 Å². The van der Waals surface area contributed by atoms with Gasteiger partial charge in [-0.1, -0.05) is 13.8 Å². The van der Waals surface area contributed by atoms with Gasteiger partial charge in [0.2, 0.25) is 11.8 Å². The predicted molar refractivity (Wildman–Crippen MR) is 91.5 cm³/mol. The van der Waals surface area contributed by atoms with Crippen molar-refractivity contribution in [1.29, 1.82) is 0 Å². The van der Waals surface area contributed by atoms with E-state index in [2.05, 4.69) is 16.0 Å². The zero-order valence-corrected chi connectivity index (χ0v) is 13.9. The highest BCUT2D eigenvalue weighted by atomic mass is 35.5. The topological polar surface area (TPSA) is 70.2 Å². The number of halogens is 1. The first kappa shape index (κ1) is 18.5. The van der Waals surface area contributed by atoms with E-state index in [-0.39, 0.29) is 24.2 Å². The third kappa shape index (κ3) is 4.21. The lowest BCUT2D eigenvalue weighted by molar-refractivity contribution is -0.122. The lowest BCUT2D eigenvalue weighted by Gasteiger charge is -2.26. The predicted octanol–water partition coefficient (Wildman–Crippen LogP) is 2.93. The van der Waals surface area contributed by atoms with Crippen LogP contribution < -0.4 is 16.0 Å². The Kier molecular flexibility index (Phi) is 6.84. The maximum absolute atomic E-state index is 12.4. The maximum atomic E-state index is 12.4. The molecule has 1 saturated heterocycles. The van der Waals surface area contributed by atoms with Gasteiger partial charge >= 0.3 is 0 Å². The van der Waals surface area contributed by atoms with E-state index < -0.39 is 5.54 Å². The second-order valence-corrected chi connectivity index (χ2v) is 5.40. The molecule has 0 aliphatic carbocycles. The molecule has 5 nitrogen and oxygen atoms in total. The molecule has 2 rings (SSSR count). The van der Waals surface area contributed by atoms with Crippen molar-refractivity contribution < 1.29 is 9.59 Å². The number of amides is 2. The Bertz CT molecular complexity index is 511. The number of carbonyl (C=O) groups is 2. The third-order valence-corrected chi connectivity index (χ3v) is 4.03. The summed E-state index contributed by atoms with van der Waals surface area (Å²) in [4.78, 5) is 23.7. The minimum absolute atomic E-state index is 0. The van der Waals surface area contributed by atoms with E-state index in [1.807, 2.05) is 26.0 Å². The molecular weight excluding hydrogens is 302 g/mol. The molecule has 1 aliphatic heterocycles. The molecule has 1 aromatic carbocycles. The monoisotopic (exact) mass is 325 g/mol. The SMILES string of the molecule is CCC(=O)Nc1ccc(NC(=O)C2(CC)CCCN2)cc1.Cl. The number of anilines is 2. The highest BCUT2D eigenvalue weighted by Crippen LogP contribution is 2.25.